The number of benzene rings is 5. The fourth-order valence-electron chi connectivity index (χ4n) is 4.41. The number of hydrogen-bond acceptors (Lipinski definition) is 8. The van der Waals surface area contributed by atoms with Crippen LogP contribution in [0.2, 0.25) is 0 Å². The van der Waals surface area contributed by atoms with E-state index < -0.39 is 84.9 Å². The van der Waals surface area contributed by atoms with Crippen LogP contribution in [0, 0.1) is 37.7 Å². The van der Waals surface area contributed by atoms with Crippen LogP contribution in [0.4, 0.5) is 37.7 Å². The van der Waals surface area contributed by atoms with Crippen molar-refractivity contribution in [3.05, 3.63) is 151 Å². The number of halogens is 6. The van der Waals surface area contributed by atoms with E-state index in [1.54, 1.807) is 60.7 Å². The number of rotatable bonds is 12. The molecule has 0 fully saturated rings. The molecule has 0 bridgehead atoms. The molecule has 16 heteroatoms. The third kappa shape index (κ3) is 7.81. The van der Waals surface area contributed by atoms with Crippen LogP contribution in [0.5, 0.6) is 34.5 Å². The third-order valence-corrected chi connectivity index (χ3v) is 6.69. The van der Waals surface area contributed by atoms with Gasteiger partial charge in [0.25, 0.3) is 0 Å². The number of ether oxygens (including phenoxy) is 4. The van der Waals surface area contributed by atoms with Crippen molar-refractivity contribution in [1.29, 1.82) is 0 Å². The zero-order valence-corrected chi connectivity index (χ0v) is 24.6. The summed E-state index contributed by atoms with van der Waals surface area (Å²) in [6, 6.07) is 21.5. The Hall–Kier alpha value is -6.32. The van der Waals surface area contributed by atoms with Crippen molar-refractivity contribution in [2.45, 2.75) is 19.4 Å². The van der Waals surface area contributed by atoms with Gasteiger partial charge in [-0.15, -0.1) is 0 Å². The SMILES string of the molecule is O=[N+]([O-])c1ccc(Oc2c(F)c(F)c(C(F)(F)F)c(Oc3ccc([N+](=O)[O-])c(OCc4ccccc4)c3)c2F)cc1OCc1ccccc1. The van der Waals surface area contributed by atoms with Crippen LogP contribution in [0.1, 0.15) is 16.7 Å². The van der Waals surface area contributed by atoms with Crippen molar-refractivity contribution >= 4 is 11.4 Å². The molecule has 0 aromatic heterocycles. The van der Waals surface area contributed by atoms with Crippen molar-refractivity contribution in [3.8, 4) is 34.5 Å². The molecule has 0 saturated heterocycles. The van der Waals surface area contributed by atoms with Gasteiger partial charge in [0.1, 0.15) is 30.3 Å². The van der Waals surface area contributed by atoms with E-state index in [9.17, 15) is 33.4 Å². The molecular weight excluding hydrogens is 666 g/mol. The Bertz CT molecular complexity index is 2010. The first kappa shape index (κ1) is 34.0. The molecule has 0 atom stereocenters. The Labute approximate surface area is 272 Å². The molecule has 0 radical (unpaired) electrons. The molecular formula is C33H20F6N2O8. The largest absolute Gasteiger partial charge is 0.482 e. The first-order valence-corrected chi connectivity index (χ1v) is 13.9. The first-order valence-electron chi connectivity index (χ1n) is 13.9. The topological polar surface area (TPSA) is 123 Å². The van der Waals surface area contributed by atoms with Crippen LogP contribution in [0.25, 0.3) is 0 Å². The van der Waals surface area contributed by atoms with E-state index in [0.717, 1.165) is 36.4 Å². The van der Waals surface area contributed by atoms with E-state index in [4.69, 9.17) is 18.9 Å². The van der Waals surface area contributed by atoms with Crippen molar-refractivity contribution in [2.75, 3.05) is 0 Å². The smallest absolute Gasteiger partial charge is 0.423 e. The maximum absolute atomic E-state index is 15.8. The molecule has 0 amide bonds. The van der Waals surface area contributed by atoms with Crippen molar-refractivity contribution in [2.24, 2.45) is 0 Å². The fraction of sp³-hybridized carbons (Fsp3) is 0.0909. The zero-order valence-electron chi connectivity index (χ0n) is 24.6. The molecule has 5 rings (SSSR count). The zero-order chi connectivity index (χ0) is 35.3. The number of alkyl halides is 3. The molecule has 0 N–H and O–H groups in total. The fourth-order valence-corrected chi connectivity index (χ4v) is 4.41. The van der Waals surface area contributed by atoms with Gasteiger partial charge in [-0.3, -0.25) is 20.2 Å². The summed E-state index contributed by atoms with van der Waals surface area (Å²) >= 11 is 0. The highest BCUT2D eigenvalue weighted by atomic mass is 19.4. The maximum Gasteiger partial charge on any atom is 0.423 e. The second kappa shape index (κ2) is 14.2. The minimum Gasteiger partial charge on any atom is -0.482 e. The summed E-state index contributed by atoms with van der Waals surface area (Å²) < 4.78 is 109. The van der Waals surface area contributed by atoms with Gasteiger partial charge in [0.2, 0.25) is 28.9 Å². The maximum atomic E-state index is 15.8. The lowest BCUT2D eigenvalue weighted by atomic mass is 10.1. The highest BCUT2D eigenvalue weighted by Crippen LogP contribution is 2.48. The standard InChI is InChI=1S/C33H20F6N2O8/c34-28-27(33(37,38)39)31(48-21-11-13-23(40(42)43)25(15-21)46-17-19-7-3-1-4-8-19)30(36)32(29(28)35)49-22-12-14-24(41(44)45)26(16-22)47-18-20-9-5-2-6-10-20/h1-16H,17-18H2. The summed E-state index contributed by atoms with van der Waals surface area (Å²) in [6.07, 6.45) is -5.71. The first-order chi connectivity index (χ1) is 23.3. The van der Waals surface area contributed by atoms with Gasteiger partial charge in [-0.2, -0.15) is 22.0 Å². The quantitative estimate of drug-likeness (QED) is 0.0550. The normalized spacial score (nSPS) is 11.1. The van der Waals surface area contributed by atoms with Crippen molar-refractivity contribution in [1.82, 2.24) is 0 Å². The second-order valence-electron chi connectivity index (χ2n) is 10.00. The second-order valence-corrected chi connectivity index (χ2v) is 10.00. The number of nitro groups is 2. The van der Waals surface area contributed by atoms with E-state index in [1.165, 1.54) is 0 Å². The summed E-state index contributed by atoms with van der Waals surface area (Å²) in [4.78, 5) is 21.4. The number of hydrogen-bond donors (Lipinski definition) is 0. The molecule has 252 valence electrons. The summed E-state index contributed by atoms with van der Waals surface area (Å²) in [5.41, 5.74) is -2.54. The molecule has 0 spiro atoms. The summed E-state index contributed by atoms with van der Waals surface area (Å²) in [5, 5.41) is 23.1. The van der Waals surface area contributed by atoms with E-state index in [1.807, 2.05) is 0 Å². The van der Waals surface area contributed by atoms with Gasteiger partial charge in [-0.05, 0) is 23.3 Å². The van der Waals surface area contributed by atoms with Gasteiger partial charge in [0.05, 0.1) is 9.85 Å². The van der Waals surface area contributed by atoms with Crippen LogP contribution >= 0.6 is 0 Å². The molecule has 0 aliphatic rings. The van der Waals surface area contributed by atoms with E-state index >= 15 is 13.2 Å². The van der Waals surface area contributed by atoms with Gasteiger partial charge >= 0.3 is 17.6 Å². The molecule has 0 aliphatic carbocycles. The lowest BCUT2D eigenvalue weighted by Crippen LogP contribution is -2.14. The van der Waals surface area contributed by atoms with Gasteiger partial charge in [0, 0.05) is 24.3 Å². The van der Waals surface area contributed by atoms with E-state index in [-0.39, 0.29) is 13.2 Å². The summed E-state index contributed by atoms with van der Waals surface area (Å²) in [6.45, 7) is -0.407. The Balaban J connectivity index is 1.52. The average molecular weight is 687 g/mol. The Morgan fingerprint density at radius 1 is 0.571 bits per heavy atom. The molecule has 10 nitrogen and oxygen atoms in total. The summed E-state index contributed by atoms with van der Waals surface area (Å²) in [5.74, 6) is -12.9. The predicted octanol–water partition coefficient (Wildman–Crippen LogP) is 9.68. The number of nitrogens with zero attached hydrogens (tertiary/aromatic N) is 2. The highest BCUT2D eigenvalue weighted by Gasteiger charge is 2.44. The predicted molar refractivity (Wildman–Crippen MR) is 159 cm³/mol. The van der Waals surface area contributed by atoms with E-state index in [2.05, 4.69) is 0 Å². The van der Waals surface area contributed by atoms with Crippen LogP contribution < -0.4 is 18.9 Å². The molecule has 0 heterocycles. The van der Waals surface area contributed by atoms with Crippen LogP contribution in [0.15, 0.2) is 97.1 Å². The molecule has 5 aromatic carbocycles. The molecule has 0 unspecified atom stereocenters. The van der Waals surface area contributed by atoms with Crippen molar-refractivity contribution < 1.29 is 55.1 Å². The highest BCUT2D eigenvalue weighted by molar-refractivity contribution is 5.55. The Kier molecular flexibility index (Phi) is 9.86. The van der Waals surface area contributed by atoms with E-state index in [0.29, 0.717) is 11.1 Å². The molecule has 0 aliphatic heterocycles. The summed E-state index contributed by atoms with van der Waals surface area (Å²) in [7, 11) is 0. The number of nitro benzene ring substituents is 2. The minimum atomic E-state index is -5.71. The monoisotopic (exact) mass is 686 g/mol. The van der Waals surface area contributed by atoms with Gasteiger partial charge in [-0.1, -0.05) is 60.7 Å². The van der Waals surface area contributed by atoms with Crippen LogP contribution in [-0.4, -0.2) is 9.85 Å². The lowest BCUT2D eigenvalue weighted by molar-refractivity contribution is -0.386. The van der Waals surface area contributed by atoms with Crippen molar-refractivity contribution in [3.63, 3.8) is 0 Å². The Morgan fingerprint density at radius 3 is 1.41 bits per heavy atom. The molecule has 5 aromatic rings. The molecule has 0 saturated carbocycles. The Morgan fingerprint density at radius 2 is 1.00 bits per heavy atom. The van der Waals surface area contributed by atoms with Gasteiger partial charge in [0.15, 0.2) is 11.6 Å². The van der Waals surface area contributed by atoms with Crippen LogP contribution in [-0.2, 0) is 19.4 Å². The van der Waals surface area contributed by atoms with Gasteiger partial charge < -0.3 is 18.9 Å². The van der Waals surface area contributed by atoms with Gasteiger partial charge in [-0.25, -0.2) is 4.39 Å². The molecule has 49 heavy (non-hydrogen) atoms. The lowest BCUT2D eigenvalue weighted by Gasteiger charge is -2.19. The third-order valence-electron chi connectivity index (χ3n) is 6.69. The average Bonchev–Trinajstić information content (AvgIpc) is 3.07. The van der Waals surface area contributed by atoms with Crippen LogP contribution in [0.3, 0.4) is 0 Å². The minimum absolute atomic E-state index is 0.187.